The first kappa shape index (κ1) is 12.1. The Kier molecular flexibility index (Phi) is 3.46. The predicted molar refractivity (Wildman–Crippen MR) is 63.2 cm³/mol. The van der Waals surface area contributed by atoms with Crippen molar-refractivity contribution in [3.05, 3.63) is 16.4 Å². The molecular weight excluding hydrogens is 290 g/mol. The van der Waals surface area contributed by atoms with E-state index in [0.29, 0.717) is 36.1 Å². The van der Waals surface area contributed by atoms with Crippen LogP contribution in [0.5, 0.6) is 0 Å². The summed E-state index contributed by atoms with van der Waals surface area (Å²) in [6.07, 6.45) is 2.81. The molecule has 0 aliphatic carbocycles. The van der Waals surface area contributed by atoms with Crippen molar-refractivity contribution in [1.82, 2.24) is 14.7 Å². The third-order valence-electron chi connectivity index (χ3n) is 2.97. The molecule has 0 unspecified atom stereocenters. The monoisotopic (exact) mass is 301 g/mol. The fourth-order valence-electron chi connectivity index (χ4n) is 2.00. The second kappa shape index (κ2) is 4.87. The molecule has 92 valence electrons. The number of hydrogen-bond donors (Lipinski definition) is 1. The Morgan fingerprint density at radius 2 is 2.18 bits per heavy atom. The van der Waals surface area contributed by atoms with Crippen LogP contribution in [0.2, 0.25) is 0 Å². The van der Waals surface area contributed by atoms with Gasteiger partial charge in [0.1, 0.15) is 4.60 Å². The molecule has 6 nitrogen and oxygen atoms in total. The molecule has 0 spiro atoms. The summed E-state index contributed by atoms with van der Waals surface area (Å²) in [5.41, 5.74) is 0.519. The first-order chi connectivity index (χ1) is 8.13. The zero-order valence-corrected chi connectivity index (χ0v) is 10.6. The molecule has 1 aliphatic rings. The van der Waals surface area contributed by atoms with Gasteiger partial charge < -0.3 is 10.0 Å². The van der Waals surface area contributed by atoms with Crippen molar-refractivity contribution in [2.24, 2.45) is 0 Å². The molecule has 7 heteroatoms. The summed E-state index contributed by atoms with van der Waals surface area (Å²) in [7, 11) is 0. The van der Waals surface area contributed by atoms with Crippen LogP contribution in [-0.2, 0) is 0 Å². The molecule has 1 fully saturated rings. The number of carbonyl (C=O) groups is 2. The molecular formula is C10H12BrN3O3. The molecule has 17 heavy (non-hydrogen) atoms. The van der Waals surface area contributed by atoms with E-state index in [9.17, 15) is 9.59 Å². The van der Waals surface area contributed by atoms with Gasteiger partial charge in [-0.1, -0.05) is 0 Å². The quantitative estimate of drug-likeness (QED) is 0.845. The highest BCUT2D eigenvalue weighted by Gasteiger charge is 2.25. The van der Waals surface area contributed by atoms with Crippen LogP contribution in [0.4, 0.5) is 4.79 Å². The summed E-state index contributed by atoms with van der Waals surface area (Å²) < 4.78 is 2.42. The summed E-state index contributed by atoms with van der Waals surface area (Å²) in [5.74, 6) is 0. The minimum atomic E-state index is -0.878. The molecule has 0 aromatic carbocycles. The molecule has 0 radical (unpaired) electrons. The van der Waals surface area contributed by atoms with Gasteiger partial charge in [-0.05, 0) is 28.8 Å². The number of aromatic nitrogens is 2. The number of halogens is 1. The lowest BCUT2D eigenvalue weighted by molar-refractivity contribution is 0.112. The SMILES string of the molecule is O=Cc1cnn(C2CCN(C(=O)O)CC2)c1Br. The number of carboxylic acid groups (broad SMARTS) is 1. The van der Waals surface area contributed by atoms with Crippen molar-refractivity contribution in [3.63, 3.8) is 0 Å². The van der Waals surface area contributed by atoms with E-state index in [2.05, 4.69) is 21.0 Å². The molecule has 0 saturated carbocycles. The molecule has 1 aromatic rings. The second-order valence-electron chi connectivity index (χ2n) is 3.95. The standard InChI is InChI=1S/C10H12BrN3O3/c11-9-7(6-15)5-12-14(9)8-1-3-13(4-2-8)10(16)17/h5-6,8H,1-4H2,(H,16,17). The molecule has 1 amide bonds. The second-order valence-corrected chi connectivity index (χ2v) is 4.71. The van der Waals surface area contributed by atoms with Gasteiger partial charge in [-0.25, -0.2) is 4.79 Å². The minimum Gasteiger partial charge on any atom is -0.465 e. The highest BCUT2D eigenvalue weighted by atomic mass is 79.9. The number of rotatable bonds is 2. The molecule has 1 aliphatic heterocycles. The van der Waals surface area contributed by atoms with E-state index in [-0.39, 0.29) is 6.04 Å². The third kappa shape index (κ3) is 2.33. The molecule has 1 saturated heterocycles. The molecule has 1 aromatic heterocycles. The number of amides is 1. The van der Waals surface area contributed by atoms with Crippen molar-refractivity contribution >= 4 is 28.3 Å². The number of hydrogen-bond acceptors (Lipinski definition) is 3. The van der Waals surface area contributed by atoms with E-state index in [0.717, 1.165) is 6.29 Å². The van der Waals surface area contributed by atoms with E-state index >= 15 is 0 Å². The van der Waals surface area contributed by atoms with Crippen LogP contribution in [0.15, 0.2) is 10.8 Å². The van der Waals surface area contributed by atoms with Gasteiger partial charge in [0.05, 0.1) is 17.8 Å². The highest BCUT2D eigenvalue weighted by molar-refractivity contribution is 9.10. The summed E-state index contributed by atoms with van der Waals surface area (Å²) in [6, 6.07) is 0.147. The fourth-order valence-corrected chi connectivity index (χ4v) is 2.57. The number of piperidine rings is 1. The van der Waals surface area contributed by atoms with Gasteiger partial charge >= 0.3 is 6.09 Å². The van der Waals surface area contributed by atoms with E-state index in [4.69, 9.17) is 5.11 Å². The van der Waals surface area contributed by atoms with Crippen molar-refractivity contribution in [3.8, 4) is 0 Å². The Balaban J connectivity index is 2.07. The lowest BCUT2D eigenvalue weighted by Crippen LogP contribution is -2.38. The lowest BCUT2D eigenvalue weighted by Gasteiger charge is -2.30. The van der Waals surface area contributed by atoms with E-state index in [1.807, 2.05) is 0 Å². The summed E-state index contributed by atoms with van der Waals surface area (Å²) in [6.45, 7) is 1.01. The Morgan fingerprint density at radius 1 is 1.53 bits per heavy atom. The van der Waals surface area contributed by atoms with E-state index in [1.165, 1.54) is 11.1 Å². The number of aldehydes is 1. The summed E-state index contributed by atoms with van der Waals surface area (Å²) >= 11 is 3.33. The molecule has 2 heterocycles. The normalized spacial score (nSPS) is 17.1. The average Bonchev–Trinajstić information content (AvgIpc) is 2.70. The first-order valence-electron chi connectivity index (χ1n) is 5.29. The van der Waals surface area contributed by atoms with Gasteiger partial charge in [-0.2, -0.15) is 5.10 Å². The smallest absolute Gasteiger partial charge is 0.407 e. The average molecular weight is 302 g/mol. The van der Waals surface area contributed by atoms with Crippen molar-refractivity contribution < 1.29 is 14.7 Å². The Morgan fingerprint density at radius 3 is 2.65 bits per heavy atom. The number of carbonyl (C=O) groups excluding carboxylic acids is 1. The highest BCUT2D eigenvalue weighted by Crippen LogP contribution is 2.27. The van der Waals surface area contributed by atoms with Gasteiger partial charge in [0.2, 0.25) is 0 Å². The zero-order chi connectivity index (χ0) is 12.4. The third-order valence-corrected chi connectivity index (χ3v) is 3.79. The van der Waals surface area contributed by atoms with Crippen LogP contribution in [-0.4, -0.2) is 45.3 Å². The van der Waals surface area contributed by atoms with Crippen LogP contribution < -0.4 is 0 Å². The minimum absolute atomic E-state index is 0.147. The summed E-state index contributed by atoms with van der Waals surface area (Å²) in [5, 5.41) is 13.0. The Bertz CT molecular complexity index is 438. The maximum absolute atomic E-state index is 10.8. The van der Waals surface area contributed by atoms with Crippen molar-refractivity contribution in [1.29, 1.82) is 0 Å². The summed E-state index contributed by atoms with van der Waals surface area (Å²) in [4.78, 5) is 22.9. The van der Waals surface area contributed by atoms with E-state index in [1.54, 1.807) is 4.68 Å². The van der Waals surface area contributed by atoms with Crippen LogP contribution in [0.1, 0.15) is 29.2 Å². The van der Waals surface area contributed by atoms with Gasteiger partial charge in [-0.15, -0.1) is 0 Å². The number of nitrogens with zero attached hydrogens (tertiary/aromatic N) is 3. The predicted octanol–water partition coefficient (Wildman–Crippen LogP) is 1.77. The number of likely N-dealkylation sites (tertiary alicyclic amines) is 1. The maximum atomic E-state index is 10.8. The van der Waals surface area contributed by atoms with E-state index < -0.39 is 6.09 Å². The molecule has 0 bridgehead atoms. The van der Waals surface area contributed by atoms with Crippen LogP contribution in [0, 0.1) is 0 Å². The largest absolute Gasteiger partial charge is 0.465 e. The Labute approximate surface area is 106 Å². The maximum Gasteiger partial charge on any atom is 0.407 e. The van der Waals surface area contributed by atoms with Gasteiger partial charge in [0, 0.05) is 13.1 Å². The van der Waals surface area contributed by atoms with Gasteiger partial charge in [0.25, 0.3) is 0 Å². The topological polar surface area (TPSA) is 75.4 Å². The lowest BCUT2D eigenvalue weighted by atomic mass is 10.1. The fraction of sp³-hybridized carbons (Fsp3) is 0.500. The van der Waals surface area contributed by atoms with Crippen LogP contribution in [0.3, 0.4) is 0 Å². The Hall–Kier alpha value is -1.37. The van der Waals surface area contributed by atoms with Crippen molar-refractivity contribution in [2.45, 2.75) is 18.9 Å². The van der Waals surface area contributed by atoms with Crippen LogP contribution in [0.25, 0.3) is 0 Å². The van der Waals surface area contributed by atoms with Gasteiger partial charge in [0.15, 0.2) is 6.29 Å². The van der Waals surface area contributed by atoms with Gasteiger partial charge in [-0.3, -0.25) is 9.48 Å². The van der Waals surface area contributed by atoms with Crippen LogP contribution >= 0.6 is 15.9 Å². The first-order valence-corrected chi connectivity index (χ1v) is 6.09. The zero-order valence-electron chi connectivity index (χ0n) is 9.04. The molecule has 1 N–H and O–H groups in total. The molecule has 2 rings (SSSR count). The van der Waals surface area contributed by atoms with Crippen molar-refractivity contribution in [2.75, 3.05) is 13.1 Å². The molecule has 0 atom stereocenters.